The van der Waals surface area contributed by atoms with Gasteiger partial charge in [-0.2, -0.15) is 15.6 Å². The van der Waals surface area contributed by atoms with Crippen molar-refractivity contribution in [1.29, 1.82) is 0 Å². The van der Waals surface area contributed by atoms with Crippen LogP contribution in [0.3, 0.4) is 0 Å². The number of rotatable bonds is 8. The molecule has 8 heteroatoms. The molecule has 1 N–H and O–H groups in total. The molecule has 2 rings (SSSR count). The number of thiophene rings is 1. The van der Waals surface area contributed by atoms with Gasteiger partial charge >= 0.3 is 0 Å². The van der Waals surface area contributed by atoms with Gasteiger partial charge in [0.05, 0.1) is 0 Å². The Balaban J connectivity index is 2.14. The van der Waals surface area contributed by atoms with E-state index in [1.165, 1.54) is 22.1 Å². The smallest absolute Gasteiger partial charge is 0.268 e. The SMILES string of the molecule is CCN(CC)S(=O)(=O)c1cc(C(=O)NC(C)Cc2ccsc2)n(C)c1. The summed E-state index contributed by atoms with van der Waals surface area (Å²) in [6.45, 7) is 6.32. The number of sulfonamides is 1. The summed E-state index contributed by atoms with van der Waals surface area (Å²) in [5.41, 5.74) is 1.51. The Morgan fingerprint density at radius 3 is 2.60 bits per heavy atom. The van der Waals surface area contributed by atoms with Gasteiger partial charge in [0.15, 0.2) is 0 Å². The predicted octanol–water partition coefficient (Wildman–Crippen LogP) is 2.48. The molecule has 2 aromatic heterocycles. The van der Waals surface area contributed by atoms with Gasteiger partial charge in [-0.05, 0) is 41.8 Å². The van der Waals surface area contributed by atoms with Crippen LogP contribution < -0.4 is 5.32 Å². The normalized spacial score (nSPS) is 13.2. The third-order valence-corrected chi connectivity index (χ3v) is 6.80. The van der Waals surface area contributed by atoms with Crippen LogP contribution in [0.4, 0.5) is 0 Å². The van der Waals surface area contributed by atoms with E-state index < -0.39 is 10.0 Å². The molecular weight excluding hydrogens is 358 g/mol. The fraction of sp³-hybridized carbons (Fsp3) is 0.471. The third-order valence-electron chi connectivity index (χ3n) is 4.06. The topological polar surface area (TPSA) is 71.4 Å². The number of nitrogens with one attached hydrogen (secondary N) is 1. The number of aromatic nitrogens is 1. The maximum atomic E-state index is 12.6. The minimum atomic E-state index is -3.57. The van der Waals surface area contributed by atoms with Gasteiger partial charge in [-0.1, -0.05) is 13.8 Å². The van der Waals surface area contributed by atoms with Crippen molar-refractivity contribution in [2.45, 2.75) is 38.1 Å². The lowest BCUT2D eigenvalue weighted by atomic mass is 10.1. The van der Waals surface area contributed by atoms with E-state index in [9.17, 15) is 13.2 Å². The van der Waals surface area contributed by atoms with Crippen molar-refractivity contribution >= 4 is 27.3 Å². The van der Waals surface area contributed by atoms with Crippen LogP contribution in [0, 0.1) is 0 Å². The van der Waals surface area contributed by atoms with Crippen LogP contribution in [0.2, 0.25) is 0 Å². The number of carbonyl (C=O) groups excluding carboxylic acids is 1. The van der Waals surface area contributed by atoms with E-state index in [1.807, 2.05) is 18.4 Å². The lowest BCUT2D eigenvalue weighted by Gasteiger charge is -2.17. The summed E-state index contributed by atoms with van der Waals surface area (Å²) in [4.78, 5) is 12.7. The van der Waals surface area contributed by atoms with E-state index in [4.69, 9.17) is 0 Å². The van der Waals surface area contributed by atoms with E-state index >= 15 is 0 Å². The molecule has 0 saturated carbocycles. The zero-order valence-corrected chi connectivity index (χ0v) is 16.7. The van der Waals surface area contributed by atoms with Crippen molar-refractivity contribution < 1.29 is 13.2 Å². The Morgan fingerprint density at radius 1 is 1.36 bits per heavy atom. The van der Waals surface area contributed by atoms with Crippen LogP contribution in [0.25, 0.3) is 0 Å². The molecule has 1 amide bonds. The molecule has 138 valence electrons. The molecule has 2 aromatic rings. The second kappa shape index (κ2) is 8.16. The summed E-state index contributed by atoms with van der Waals surface area (Å²) in [5, 5.41) is 6.99. The average Bonchev–Trinajstić information content (AvgIpc) is 3.17. The molecule has 25 heavy (non-hydrogen) atoms. The maximum absolute atomic E-state index is 12.6. The average molecular weight is 384 g/mol. The highest BCUT2D eigenvalue weighted by atomic mass is 32.2. The van der Waals surface area contributed by atoms with Crippen molar-refractivity contribution in [3.63, 3.8) is 0 Å². The molecule has 6 nitrogen and oxygen atoms in total. The largest absolute Gasteiger partial charge is 0.348 e. The third kappa shape index (κ3) is 4.50. The van der Waals surface area contributed by atoms with Crippen molar-refractivity contribution in [1.82, 2.24) is 14.2 Å². The van der Waals surface area contributed by atoms with Crippen molar-refractivity contribution in [3.8, 4) is 0 Å². The van der Waals surface area contributed by atoms with Gasteiger partial charge in [-0.15, -0.1) is 0 Å². The summed E-state index contributed by atoms with van der Waals surface area (Å²) in [5.74, 6) is -0.272. The second-order valence-corrected chi connectivity index (χ2v) is 8.69. The fourth-order valence-corrected chi connectivity index (χ4v) is 4.94. The molecular formula is C17H25N3O3S2. The first-order chi connectivity index (χ1) is 11.8. The number of nitrogens with zero attached hydrogens (tertiary/aromatic N) is 2. The molecule has 0 saturated heterocycles. The summed E-state index contributed by atoms with van der Waals surface area (Å²) in [6, 6.07) is 3.44. The number of aryl methyl sites for hydroxylation is 1. The van der Waals surface area contributed by atoms with Crippen LogP contribution in [-0.2, 0) is 23.5 Å². The highest BCUT2D eigenvalue weighted by Gasteiger charge is 2.25. The van der Waals surface area contributed by atoms with E-state index in [0.29, 0.717) is 18.8 Å². The number of carbonyl (C=O) groups is 1. The van der Waals surface area contributed by atoms with Crippen LogP contribution in [0.1, 0.15) is 36.8 Å². The number of hydrogen-bond donors (Lipinski definition) is 1. The van der Waals surface area contributed by atoms with Gasteiger partial charge in [0.25, 0.3) is 5.91 Å². The minimum Gasteiger partial charge on any atom is -0.348 e. The molecule has 0 aliphatic rings. The van der Waals surface area contributed by atoms with Crippen LogP contribution in [0.5, 0.6) is 0 Å². The zero-order chi connectivity index (χ0) is 18.6. The van der Waals surface area contributed by atoms with E-state index in [1.54, 1.807) is 36.8 Å². The molecule has 0 aromatic carbocycles. The minimum absolute atomic E-state index is 0.0418. The van der Waals surface area contributed by atoms with Crippen molar-refractivity contribution in [2.24, 2.45) is 7.05 Å². The Kier molecular flexibility index (Phi) is 6.42. The van der Waals surface area contributed by atoms with Crippen LogP contribution in [-0.4, -0.2) is 42.3 Å². The van der Waals surface area contributed by atoms with Gasteiger partial charge in [-0.25, -0.2) is 8.42 Å². The maximum Gasteiger partial charge on any atom is 0.268 e. The lowest BCUT2D eigenvalue weighted by Crippen LogP contribution is -2.35. The Morgan fingerprint density at radius 2 is 2.04 bits per heavy atom. The molecule has 0 aliphatic carbocycles. The van der Waals surface area contributed by atoms with E-state index in [-0.39, 0.29) is 16.8 Å². The van der Waals surface area contributed by atoms with Crippen LogP contribution in [0.15, 0.2) is 34.0 Å². The summed E-state index contributed by atoms with van der Waals surface area (Å²) < 4.78 is 28.1. The standard InChI is InChI=1S/C17H25N3O3S2/c1-5-20(6-2)25(22,23)15-10-16(19(4)11-15)17(21)18-13(3)9-14-7-8-24-12-14/h7-8,10-13H,5-6,9H2,1-4H3,(H,18,21). The quantitative estimate of drug-likeness (QED) is 0.761. The van der Waals surface area contributed by atoms with Gasteiger partial charge in [0, 0.05) is 32.4 Å². The Bertz CT molecular complexity index is 806. The first kappa shape index (κ1) is 19.7. The zero-order valence-electron chi connectivity index (χ0n) is 15.0. The number of hydrogen-bond acceptors (Lipinski definition) is 4. The molecule has 2 heterocycles. The molecule has 1 unspecified atom stereocenters. The Labute approximate surface area is 153 Å². The fourth-order valence-electron chi connectivity index (χ4n) is 2.72. The van der Waals surface area contributed by atoms with Crippen molar-refractivity contribution in [3.05, 3.63) is 40.3 Å². The first-order valence-corrected chi connectivity index (χ1v) is 10.7. The summed E-state index contributed by atoms with van der Waals surface area (Å²) in [7, 11) is -1.89. The molecule has 0 bridgehead atoms. The monoisotopic (exact) mass is 383 g/mol. The molecule has 0 spiro atoms. The van der Waals surface area contributed by atoms with Gasteiger partial charge in [0.2, 0.25) is 10.0 Å². The van der Waals surface area contributed by atoms with Gasteiger partial charge in [-0.3, -0.25) is 4.79 Å². The molecule has 1 atom stereocenters. The molecule has 0 radical (unpaired) electrons. The number of amides is 1. The highest BCUT2D eigenvalue weighted by molar-refractivity contribution is 7.89. The van der Waals surface area contributed by atoms with Crippen molar-refractivity contribution in [2.75, 3.05) is 13.1 Å². The molecule has 0 fully saturated rings. The molecule has 0 aliphatic heterocycles. The van der Waals surface area contributed by atoms with Gasteiger partial charge in [0.1, 0.15) is 10.6 Å². The van der Waals surface area contributed by atoms with Crippen LogP contribution >= 0.6 is 11.3 Å². The predicted molar refractivity (Wildman–Crippen MR) is 100 cm³/mol. The second-order valence-electron chi connectivity index (χ2n) is 5.97. The van der Waals surface area contributed by atoms with E-state index in [0.717, 1.165) is 6.42 Å². The highest BCUT2D eigenvalue weighted by Crippen LogP contribution is 2.18. The summed E-state index contributed by atoms with van der Waals surface area (Å²) in [6.07, 6.45) is 2.23. The summed E-state index contributed by atoms with van der Waals surface area (Å²) >= 11 is 1.62. The first-order valence-electron chi connectivity index (χ1n) is 8.28. The lowest BCUT2D eigenvalue weighted by molar-refractivity contribution is 0.0932. The van der Waals surface area contributed by atoms with Gasteiger partial charge < -0.3 is 9.88 Å². The van der Waals surface area contributed by atoms with E-state index in [2.05, 4.69) is 10.7 Å². The Hall–Kier alpha value is -1.64.